The summed E-state index contributed by atoms with van der Waals surface area (Å²) in [6.07, 6.45) is 0. The van der Waals surface area contributed by atoms with E-state index >= 15 is 0 Å². The van der Waals surface area contributed by atoms with Crippen molar-refractivity contribution in [3.05, 3.63) is 48.5 Å². The molecule has 5 heteroatoms. The molecule has 0 radical (unpaired) electrons. The van der Waals surface area contributed by atoms with Crippen molar-refractivity contribution in [1.82, 2.24) is 4.98 Å². The fourth-order valence-corrected chi connectivity index (χ4v) is 1.48. The van der Waals surface area contributed by atoms with Crippen LogP contribution in [0.15, 0.2) is 48.5 Å². The molecule has 18 heavy (non-hydrogen) atoms. The monoisotopic (exact) mass is 244 g/mol. The Labute approximate surface area is 106 Å². The number of nitrogens with two attached hydrogens (primary N) is 1. The van der Waals surface area contributed by atoms with Crippen molar-refractivity contribution in [2.24, 2.45) is 5.84 Å². The Morgan fingerprint density at radius 3 is 2.56 bits per heavy atom. The number of nitrogens with zero attached hydrogens (tertiary/aromatic N) is 1. The van der Waals surface area contributed by atoms with Gasteiger partial charge in [-0.2, -0.15) is 0 Å². The Hall–Kier alpha value is -2.27. The van der Waals surface area contributed by atoms with Gasteiger partial charge in [-0.25, -0.2) is 10.8 Å². The molecule has 1 heterocycles. The van der Waals surface area contributed by atoms with Gasteiger partial charge >= 0.3 is 0 Å². The Balaban J connectivity index is 1.75. The van der Waals surface area contributed by atoms with Gasteiger partial charge in [0.25, 0.3) is 0 Å². The van der Waals surface area contributed by atoms with Crippen molar-refractivity contribution in [3.63, 3.8) is 0 Å². The molecule has 0 saturated carbocycles. The summed E-state index contributed by atoms with van der Waals surface area (Å²) >= 11 is 0. The number of benzene rings is 1. The van der Waals surface area contributed by atoms with Gasteiger partial charge in [-0.1, -0.05) is 24.3 Å². The second kappa shape index (κ2) is 6.46. The molecule has 1 aromatic heterocycles. The van der Waals surface area contributed by atoms with Gasteiger partial charge < -0.3 is 15.5 Å². The van der Waals surface area contributed by atoms with E-state index in [2.05, 4.69) is 15.7 Å². The van der Waals surface area contributed by atoms with Gasteiger partial charge in [0.15, 0.2) is 0 Å². The molecule has 0 saturated heterocycles. The van der Waals surface area contributed by atoms with E-state index < -0.39 is 0 Å². The third kappa shape index (κ3) is 3.64. The topological polar surface area (TPSA) is 72.2 Å². The fraction of sp³-hybridized carbons (Fsp3) is 0.154. The molecule has 2 rings (SSSR count). The van der Waals surface area contributed by atoms with E-state index in [4.69, 9.17) is 10.6 Å². The first-order chi connectivity index (χ1) is 8.88. The van der Waals surface area contributed by atoms with Crippen molar-refractivity contribution < 1.29 is 4.74 Å². The molecule has 94 valence electrons. The van der Waals surface area contributed by atoms with E-state index in [1.54, 1.807) is 6.07 Å². The smallest absolute Gasteiger partial charge is 0.142 e. The molecule has 0 aliphatic rings. The average molecular weight is 244 g/mol. The van der Waals surface area contributed by atoms with Gasteiger partial charge in [-0.05, 0) is 24.3 Å². The van der Waals surface area contributed by atoms with E-state index in [-0.39, 0.29) is 0 Å². The first-order valence-corrected chi connectivity index (χ1v) is 5.74. The molecule has 0 spiro atoms. The number of para-hydroxylation sites is 1. The SMILES string of the molecule is NNc1cccc(NCCOc2ccccc2)n1. The Bertz CT molecular complexity index is 475. The molecular formula is C13H16N4O. The van der Waals surface area contributed by atoms with Crippen LogP contribution >= 0.6 is 0 Å². The third-order valence-electron chi connectivity index (χ3n) is 2.32. The van der Waals surface area contributed by atoms with Gasteiger partial charge in [-0.3, -0.25) is 0 Å². The Kier molecular flexibility index (Phi) is 4.38. The molecule has 4 N–H and O–H groups in total. The standard InChI is InChI=1S/C13H16N4O/c14-17-13-8-4-7-12(16-13)15-9-10-18-11-5-2-1-3-6-11/h1-8H,9-10,14H2,(H2,15,16,17). The predicted octanol–water partition coefficient (Wildman–Crippen LogP) is 1.86. The van der Waals surface area contributed by atoms with Gasteiger partial charge in [0.1, 0.15) is 24.0 Å². The van der Waals surface area contributed by atoms with Crippen LogP contribution in [-0.4, -0.2) is 18.1 Å². The number of anilines is 2. The van der Waals surface area contributed by atoms with Gasteiger partial charge in [-0.15, -0.1) is 0 Å². The molecule has 0 aliphatic heterocycles. The van der Waals surface area contributed by atoms with Gasteiger partial charge in [0.05, 0.1) is 6.54 Å². The molecule has 0 unspecified atom stereocenters. The molecule has 0 fully saturated rings. The zero-order valence-corrected chi connectivity index (χ0v) is 9.97. The predicted molar refractivity (Wildman–Crippen MR) is 72.5 cm³/mol. The molecular weight excluding hydrogens is 228 g/mol. The van der Waals surface area contributed by atoms with Crippen molar-refractivity contribution in [2.45, 2.75) is 0 Å². The highest BCUT2D eigenvalue weighted by atomic mass is 16.5. The molecule has 0 amide bonds. The maximum Gasteiger partial charge on any atom is 0.142 e. The zero-order chi connectivity index (χ0) is 12.6. The summed E-state index contributed by atoms with van der Waals surface area (Å²) in [7, 11) is 0. The van der Waals surface area contributed by atoms with Crippen molar-refractivity contribution in [3.8, 4) is 5.75 Å². The quantitative estimate of drug-likeness (QED) is 0.411. The van der Waals surface area contributed by atoms with E-state index in [0.29, 0.717) is 19.0 Å². The minimum atomic E-state index is 0.575. The lowest BCUT2D eigenvalue weighted by Gasteiger charge is -2.08. The van der Waals surface area contributed by atoms with Crippen molar-refractivity contribution in [2.75, 3.05) is 23.9 Å². The lowest BCUT2D eigenvalue weighted by atomic mass is 10.3. The number of rotatable bonds is 6. The van der Waals surface area contributed by atoms with Crippen LogP contribution in [0.4, 0.5) is 11.6 Å². The Morgan fingerprint density at radius 1 is 1.00 bits per heavy atom. The minimum absolute atomic E-state index is 0.575. The van der Waals surface area contributed by atoms with Crippen LogP contribution in [0.2, 0.25) is 0 Å². The summed E-state index contributed by atoms with van der Waals surface area (Å²) in [5.74, 6) is 7.54. The first kappa shape index (κ1) is 12.2. The summed E-state index contributed by atoms with van der Waals surface area (Å²) in [5.41, 5.74) is 2.50. The number of nitrogen functional groups attached to an aromatic ring is 1. The molecule has 0 aliphatic carbocycles. The second-order valence-electron chi connectivity index (χ2n) is 3.64. The highest BCUT2D eigenvalue weighted by Gasteiger charge is 1.96. The summed E-state index contributed by atoms with van der Waals surface area (Å²) in [4.78, 5) is 4.23. The van der Waals surface area contributed by atoms with Crippen LogP contribution in [0.5, 0.6) is 5.75 Å². The normalized spacial score (nSPS) is 9.83. The van der Waals surface area contributed by atoms with Crippen LogP contribution in [0.25, 0.3) is 0 Å². The number of nitrogens with one attached hydrogen (secondary N) is 2. The van der Waals surface area contributed by atoms with Gasteiger partial charge in [0.2, 0.25) is 0 Å². The summed E-state index contributed by atoms with van der Waals surface area (Å²) in [6, 6.07) is 15.3. The van der Waals surface area contributed by atoms with Crippen LogP contribution in [0.1, 0.15) is 0 Å². The lowest BCUT2D eigenvalue weighted by Crippen LogP contribution is -2.14. The number of hydrogen-bond donors (Lipinski definition) is 3. The second-order valence-corrected chi connectivity index (χ2v) is 3.64. The summed E-state index contributed by atoms with van der Waals surface area (Å²) in [6.45, 7) is 1.25. The largest absolute Gasteiger partial charge is 0.492 e. The molecule has 5 nitrogen and oxygen atoms in total. The highest BCUT2D eigenvalue weighted by molar-refractivity contribution is 5.44. The molecule has 0 bridgehead atoms. The number of hydrogen-bond acceptors (Lipinski definition) is 5. The minimum Gasteiger partial charge on any atom is -0.492 e. The number of pyridine rings is 1. The van der Waals surface area contributed by atoms with Crippen LogP contribution in [0.3, 0.4) is 0 Å². The maximum atomic E-state index is 5.55. The highest BCUT2D eigenvalue weighted by Crippen LogP contribution is 2.09. The average Bonchev–Trinajstić information content (AvgIpc) is 2.45. The maximum absolute atomic E-state index is 5.55. The van der Waals surface area contributed by atoms with E-state index in [9.17, 15) is 0 Å². The fourth-order valence-electron chi connectivity index (χ4n) is 1.48. The van der Waals surface area contributed by atoms with E-state index in [1.807, 2.05) is 42.5 Å². The van der Waals surface area contributed by atoms with Crippen LogP contribution < -0.4 is 21.3 Å². The summed E-state index contributed by atoms with van der Waals surface area (Å²) < 4.78 is 5.55. The molecule has 1 aromatic carbocycles. The number of aromatic nitrogens is 1. The zero-order valence-electron chi connectivity index (χ0n) is 9.97. The third-order valence-corrected chi connectivity index (χ3v) is 2.32. The Morgan fingerprint density at radius 2 is 1.78 bits per heavy atom. The number of hydrazine groups is 1. The van der Waals surface area contributed by atoms with E-state index in [1.165, 1.54) is 0 Å². The number of ether oxygens (including phenoxy) is 1. The van der Waals surface area contributed by atoms with Crippen LogP contribution in [0, 0.1) is 0 Å². The first-order valence-electron chi connectivity index (χ1n) is 5.74. The van der Waals surface area contributed by atoms with Crippen molar-refractivity contribution in [1.29, 1.82) is 0 Å². The van der Waals surface area contributed by atoms with E-state index in [0.717, 1.165) is 11.6 Å². The lowest BCUT2D eigenvalue weighted by molar-refractivity contribution is 0.333. The molecule has 0 atom stereocenters. The van der Waals surface area contributed by atoms with Gasteiger partial charge in [0, 0.05) is 0 Å². The summed E-state index contributed by atoms with van der Waals surface area (Å²) in [5, 5.41) is 3.16. The van der Waals surface area contributed by atoms with Crippen LogP contribution in [-0.2, 0) is 0 Å². The van der Waals surface area contributed by atoms with Crippen molar-refractivity contribution >= 4 is 11.6 Å². The molecule has 2 aromatic rings.